The molecular weight excluding hydrogens is 338 g/mol. The first-order valence-corrected chi connectivity index (χ1v) is 8.24. The maximum Gasteiger partial charge on any atom is 0.319 e. The number of halogens is 1. The van der Waals surface area contributed by atoms with Gasteiger partial charge in [-0.3, -0.25) is 4.79 Å². The SMILES string of the molecule is CC1=C(C(=O)Nc2ccccc2C)C(c2cccc(Cl)c2)NC(=O)N1. The summed E-state index contributed by atoms with van der Waals surface area (Å²) in [5, 5.41) is 8.92. The summed E-state index contributed by atoms with van der Waals surface area (Å²) in [4.78, 5) is 24.8. The Kier molecular flexibility index (Phi) is 4.76. The van der Waals surface area contributed by atoms with Gasteiger partial charge in [-0.15, -0.1) is 0 Å². The molecule has 0 spiro atoms. The van der Waals surface area contributed by atoms with Gasteiger partial charge in [0.1, 0.15) is 0 Å². The number of amides is 3. The van der Waals surface area contributed by atoms with Crippen molar-refractivity contribution in [2.24, 2.45) is 0 Å². The zero-order valence-electron chi connectivity index (χ0n) is 13.9. The molecular formula is C19H18ClN3O2. The molecule has 0 aromatic heterocycles. The summed E-state index contributed by atoms with van der Waals surface area (Å²) in [5.74, 6) is -0.274. The molecule has 1 aliphatic rings. The Labute approximate surface area is 151 Å². The molecule has 128 valence electrons. The van der Waals surface area contributed by atoms with Crippen LogP contribution in [-0.2, 0) is 4.79 Å². The summed E-state index contributed by atoms with van der Waals surface area (Å²) in [6.45, 7) is 3.63. The van der Waals surface area contributed by atoms with E-state index in [1.165, 1.54) is 0 Å². The molecule has 6 heteroatoms. The second-order valence-corrected chi connectivity index (χ2v) is 6.33. The number of aryl methyl sites for hydroxylation is 1. The van der Waals surface area contributed by atoms with Crippen molar-refractivity contribution in [2.75, 3.05) is 5.32 Å². The number of hydrogen-bond acceptors (Lipinski definition) is 2. The predicted molar refractivity (Wildman–Crippen MR) is 98.4 cm³/mol. The molecule has 3 amide bonds. The van der Waals surface area contributed by atoms with Gasteiger partial charge in [-0.2, -0.15) is 0 Å². The molecule has 1 heterocycles. The maximum atomic E-state index is 12.9. The van der Waals surface area contributed by atoms with Gasteiger partial charge >= 0.3 is 6.03 Å². The Morgan fingerprint density at radius 3 is 2.60 bits per heavy atom. The molecule has 0 saturated heterocycles. The van der Waals surface area contributed by atoms with Crippen LogP contribution < -0.4 is 16.0 Å². The van der Waals surface area contributed by atoms with Crippen LogP contribution in [0, 0.1) is 6.92 Å². The standard InChI is InChI=1S/C19H18ClN3O2/c1-11-6-3-4-9-15(11)22-18(24)16-12(2)21-19(25)23-17(16)13-7-5-8-14(20)10-13/h3-10,17H,1-2H3,(H,22,24)(H2,21,23,25). The summed E-state index contributed by atoms with van der Waals surface area (Å²) >= 11 is 6.07. The maximum absolute atomic E-state index is 12.9. The van der Waals surface area contributed by atoms with Gasteiger partial charge < -0.3 is 16.0 Å². The van der Waals surface area contributed by atoms with Crippen LogP contribution in [0.15, 0.2) is 59.8 Å². The zero-order chi connectivity index (χ0) is 18.0. The first-order valence-electron chi connectivity index (χ1n) is 7.86. The smallest absolute Gasteiger partial charge is 0.319 e. The highest BCUT2D eigenvalue weighted by Crippen LogP contribution is 2.29. The van der Waals surface area contributed by atoms with Gasteiger partial charge in [-0.1, -0.05) is 41.9 Å². The number of allylic oxidation sites excluding steroid dienone is 1. The zero-order valence-corrected chi connectivity index (χ0v) is 14.6. The Morgan fingerprint density at radius 2 is 1.88 bits per heavy atom. The van der Waals surface area contributed by atoms with Gasteiger partial charge in [0.05, 0.1) is 11.6 Å². The van der Waals surface area contributed by atoms with Crippen LogP contribution in [0.25, 0.3) is 0 Å². The lowest BCUT2D eigenvalue weighted by atomic mass is 9.94. The number of carbonyl (C=O) groups is 2. The fraction of sp³-hybridized carbons (Fsp3) is 0.158. The molecule has 3 rings (SSSR count). The monoisotopic (exact) mass is 355 g/mol. The Bertz CT molecular complexity index is 876. The van der Waals surface area contributed by atoms with Crippen molar-refractivity contribution in [1.82, 2.24) is 10.6 Å². The highest BCUT2D eigenvalue weighted by atomic mass is 35.5. The number of anilines is 1. The van der Waals surface area contributed by atoms with Crippen LogP contribution in [0.2, 0.25) is 5.02 Å². The van der Waals surface area contributed by atoms with E-state index in [1.807, 2.05) is 37.3 Å². The summed E-state index contributed by atoms with van der Waals surface area (Å²) in [6, 6.07) is 13.7. The minimum atomic E-state index is -0.573. The molecule has 1 unspecified atom stereocenters. The van der Waals surface area contributed by atoms with Gasteiger partial charge in [0.2, 0.25) is 0 Å². The summed E-state index contributed by atoms with van der Waals surface area (Å²) in [7, 11) is 0. The summed E-state index contributed by atoms with van der Waals surface area (Å²) in [5.41, 5.74) is 3.40. The third-order valence-corrected chi connectivity index (χ3v) is 4.32. The van der Waals surface area contributed by atoms with Gasteiger partial charge in [0.25, 0.3) is 5.91 Å². The molecule has 1 atom stereocenters. The first-order chi connectivity index (χ1) is 12.0. The number of urea groups is 1. The van der Waals surface area contributed by atoms with Gasteiger partial charge in [0, 0.05) is 16.4 Å². The van der Waals surface area contributed by atoms with E-state index in [9.17, 15) is 9.59 Å². The molecule has 2 aromatic carbocycles. The van der Waals surface area contributed by atoms with E-state index in [1.54, 1.807) is 25.1 Å². The second kappa shape index (κ2) is 6.99. The van der Waals surface area contributed by atoms with Crippen LogP contribution in [0.3, 0.4) is 0 Å². The van der Waals surface area contributed by atoms with E-state index >= 15 is 0 Å². The third kappa shape index (κ3) is 3.67. The van der Waals surface area contributed by atoms with E-state index < -0.39 is 6.04 Å². The van der Waals surface area contributed by atoms with Crippen LogP contribution >= 0.6 is 11.6 Å². The minimum Gasteiger partial charge on any atom is -0.327 e. The van der Waals surface area contributed by atoms with Crippen molar-refractivity contribution in [3.63, 3.8) is 0 Å². The van der Waals surface area contributed by atoms with E-state index in [2.05, 4.69) is 16.0 Å². The normalized spacial score (nSPS) is 16.9. The molecule has 0 saturated carbocycles. The lowest BCUT2D eigenvalue weighted by Crippen LogP contribution is -2.46. The summed E-state index contributed by atoms with van der Waals surface area (Å²) in [6.07, 6.45) is 0. The van der Waals surface area contributed by atoms with Crippen LogP contribution in [0.1, 0.15) is 24.1 Å². The summed E-state index contributed by atoms with van der Waals surface area (Å²) < 4.78 is 0. The minimum absolute atomic E-state index is 0.274. The van der Waals surface area contributed by atoms with Crippen molar-refractivity contribution in [2.45, 2.75) is 19.9 Å². The Morgan fingerprint density at radius 1 is 1.12 bits per heavy atom. The van der Waals surface area contributed by atoms with Crippen molar-refractivity contribution in [3.8, 4) is 0 Å². The largest absolute Gasteiger partial charge is 0.327 e. The molecule has 3 N–H and O–H groups in total. The van der Waals surface area contributed by atoms with Crippen LogP contribution in [0.5, 0.6) is 0 Å². The molecule has 1 aliphatic heterocycles. The van der Waals surface area contributed by atoms with Crippen LogP contribution in [-0.4, -0.2) is 11.9 Å². The van der Waals surface area contributed by atoms with Crippen molar-refractivity contribution < 1.29 is 9.59 Å². The quantitative estimate of drug-likeness (QED) is 0.781. The van der Waals surface area contributed by atoms with E-state index in [0.717, 1.165) is 16.8 Å². The lowest BCUT2D eigenvalue weighted by Gasteiger charge is -2.29. The molecule has 0 bridgehead atoms. The average molecular weight is 356 g/mol. The first kappa shape index (κ1) is 17.0. The molecule has 25 heavy (non-hydrogen) atoms. The van der Waals surface area contributed by atoms with E-state index in [4.69, 9.17) is 11.6 Å². The Balaban J connectivity index is 1.97. The second-order valence-electron chi connectivity index (χ2n) is 5.89. The Hall–Kier alpha value is -2.79. The lowest BCUT2D eigenvalue weighted by molar-refractivity contribution is -0.113. The number of benzene rings is 2. The van der Waals surface area contributed by atoms with Crippen molar-refractivity contribution >= 4 is 29.2 Å². The number of rotatable bonds is 3. The van der Waals surface area contributed by atoms with E-state index in [0.29, 0.717) is 16.3 Å². The van der Waals surface area contributed by atoms with Gasteiger partial charge in [-0.05, 0) is 43.2 Å². The fourth-order valence-corrected chi connectivity index (χ4v) is 3.03. The van der Waals surface area contributed by atoms with E-state index in [-0.39, 0.29) is 11.9 Å². The predicted octanol–water partition coefficient (Wildman–Crippen LogP) is 3.92. The fourth-order valence-electron chi connectivity index (χ4n) is 2.83. The number of hydrogen-bond donors (Lipinski definition) is 3. The molecule has 5 nitrogen and oxygen atoms in total. The molecule has 0 aliphatic carbocycles. The molecule has 2 aromatic rings. The third-order valence-electron chi connectivity index (χ3n) is 4.09. The van der Waals surface area contributed by atoms with Gasteiger partial charge in [0.15, 0.2) is 0 Å². The molecule has 0 fully saturated rings. The van der Waals surface area contributed by atoms with Crippen molar-refractivity contribution in [3.05, 3.63) is 76.0 Å². The van der Waals surface area contributed by atoms with Gasteiger partial charge in [-0.25, -0.2) is 4.79 Å². The average Bonchev–Trinajstić information content (AvgIpc) is 2.56. The van der Waals surface area contributed by atoms with Crippen LogP contribution in [0.4, 0.5) is 10.5 Å². The highest BCUT2D eigenvalue weighted by molar-refractivity contribution is 6.30. The van der Waals surface area contributed by atoms with Crippen molar-refractivity contribution in [1.29, 1.82) is 0 Å². The number of carbonyl (C=O) groups excluding carboxylic acids is 2. The number of nitrogens with one attached hydrogen (secondary N) is 3. The molecule has 0 radical (unpaired) electrons. The highest BCUT2D eigenvalue weighted by Gasteiger charge is 2.31. The number of para-hydroxylation sites is 1. The topological polar surface area (TPSA) is 70.2 Å².